The van der Waals surface area contributed by atoms with Crippen LogP contribution in [0.25, 0.3) is 0 Å². The Bertz CT molecular complexity index is 473. The van der Waals surface area contributed by atoms with E-state index in [-0.39, 0.29) is 12.0 Å². The lowest BCUT2D eigenvalue weighted by Gasteiger charge is -2.36. The predicted octanol–water partition coefficient (Wildman–Crippen LogP) is 2.74. The van der Waals surface area contributed by atoms with Crippen molar-refractivity contribution < 1.29 is 14.3 Å². The zero-order valence-electron chi connectivity index (χ0n) is 12.1. The van der Waals surface area contributed by atoms with Gasteiger partial charge in [-0.15, -0.1) is 0 Å². The Labute approximate surface area is 124 Å². The molecule has 1 fully saturated rings. The van der Waals surface area contributed by atoms with E-state index in [1.807, 2.05) is 6.92 Å². The third-order valence-corrected chi connectivity index (χ3v) is 3.48. The highest BCUT2D eigenvalue weighted by Crippen LogP contribution is 2.23. The maximum Gasteiger partial charge on any atom is 0.266 e. The molecule has 4 nitrogen and oxygen atoms in total. The number of carbonyl (C=O) groups excluding carboxylic acids is 1. The maximum absolute atomic E-state index is 12.6. The maximum atomic E-state index is 12.6. The number of ether oxygens (including phenoxy) is 2. The quantitative estimate of drug-likeness (QED) is 0.861. The SMILES string of the molecule is C[C@@H]1CN(C(=O)C(C)(C)Oc2ccc(Cl)cc2)CCO1. The fourth-order valence-corrected chi connectivity index (χ4v) is 2.35. The van der Waals surface area contributed by atoms with Crippen molar-refractivity contribution in [2.75, 3.05) is 19.7 Å². The molecule has 5 heteroatoms. The number of hydrogen-bond acceptors (Lipinski definition) is 3. The molecule has 20 heavy (non-hydrogen) atoms. The van der Waals surface area contributed by atoms with Crippen LogP contribution in [0.1, 0.15) is 20.8 Å². The van der Waals surface area contributed by atoms with Crippen molar-refractivity contribution in [2.24, 2.45) is 0 Å². The summed E-state index contributed by atoms with van der Waals surface area (Å²) in [5, 5.41) is 0.642. The van der Waals surface area contributed by atoms with E-state index < -0.39 is 5.60 Å². The Morgan fingerprint density at radius 2 is 2.05 bits per heavy atom. The van der Waals surface area contributed by atoms with E-state index in [4.69, 9.17) is 21.1 Å². The van der Waals surface area contributed by atoms with Crippen LogP contribution in [0, 0.1) is 0 Å². The Morgan fingerprint density at radius 3 is 2.65 bits per heavy atom. The first kappa shape index (κ1) is 15.1. The molecule has 2 rings (SSSR count). The fourth-order valence-electron chi connectivity index (χ4n) is 2.22. The van der Waals surface area contributed by atoms with Crippen LogP contribution in [0.5, 0.6) is 5.75 Å². The van der Waals surface area contributed by atoms with Gasteiger partial charge in [0, 0.05) is 18.1 Å². The molecule has 1 amide bonds. The van der Waals surface area contributed by atoms with Crippen LogP contribution in [0.15, 0.2) is 24.3 Å². The van der Waals surface area contributed by atoms with Gasteiger partial charge in [-0.2, -0.15) is 0 Å². The van der Waals surface area contributed by atoms with Crippen molar-refractivity contribution >= 4 is 17.5 Å². The largest absolute Gasteiger partial charge is 0.478 e. The van der Waals surface area contributed by atoms with Gasteiger partial charge in [-0.1, -0.05) is 11.6 Å². The van der Waals surface area contributed by atoms with Gasteiger partial charge in [-0.3, -0.25) is 4.79 Å². The number of hydrogen-bond donors (Lipinski definition) is 0. The van der Waals surface area contributed by atoms with Gasteiger partial charge in [0.05, 0.1) is 12.7 Å². The molecule has 110 valence electrons. The van der Waals surface area contributed by atoms with Gasteiger partial charge in [-0.05, 0) is 45.0 Å². The number of amides is 1. The van der Waals surface area contributed by atoms with Gasteiger partial charge in [0.15, 0.2) is 5.60 Å². The van der Waals surface area contributed by atoms with Crippen LogP contribution in [0.4, 0.5) is 0 Å². The lowest BCUT2D eigenvalue weighted by molar-refractivity contribution is -0.152. The molecule has 0 N–H and O–H groups in total. The fraction of sp³-hybridized carbons (Fsp3) is 0.533. The Morgan fingerprint density at radius 1 is 1.40 bits per heavy atom. The van der Waals surface area contributed by atoms with Gasteiger partial charge in [0.2, 0.25) is 0 Å². The van der Waals surface area contributed by atoms with E-state index in [9.17, 15) is 4.79 Å². The molecule has 0 spiro atoms. The van der Waals surface area contributed by atoms with Crippen molar-refractivity contribution in [1.29, 1.82) is 0 Å². The van der Waals surface area contributed by atoms with Crippen LogP contribution in [0.3, 0.4) is 0 Å². The lowest BCUT2D eigenvalue weighted by atomic mass is 10.1. The molecular formula is C15H20ClNO3. The average molecular weight is 298 g/mol. The summed E-state index contributed by atoms with van der Waals surface area (Å²) in [5.41, 5.74) is -0.912. The monoisotopic (exact) mass is 297 g/mol. The molecule has 1 aromatic carbocycles. The molecule has 1 atom stereocenters. The minimum atomic E-state index is -0.912. The highest BCUT2D eigenvalue weighted by molar-refractivity contribution is 6.30. The average Bonchev–Trinajstić information content (AvgIpc) is 2.40. The zero-order chi connectivity index (χ0) is 14.8. The molecule has 1 aromatic rings. The molecule has 0 aromatic heterocycles. The molecule has 1 aliphatic rings. The summed E-state index contributed by atoms with van der Waals surface area (Å²) in [6.45, 7) is 7.31. The second-order valence-corrected chi connectivity index (χ2v) is 5.94. The zero-order valence-corrected chi connectivity index (χ0v) is 12.8. The molecule has 1 saturated heterocycles. The number of benzene rings is 1. The van der Waals surface area contributed by atoms with Gasteiger partial charge < -0.3 is 14.4 Å². The molecule has 0 bridgehead atoms. The highest BCUT2D eigenvalue weighted by Gasteiger charge is 2.36. The minimum Gasteiger partial charge on any atom is -0.478 e. The normalized spacial score (nSPS) is 19.8. The summed E-state index contributed by atoms with van der Waals surface area (Å²) in [7, 11) is 0. The molecule has 1 heterocycles. The van der Waals surface area contributed by atoms with Crippen molar-refractivity contribution in [3.8, 4) is 5.75 Å². The topological polar surface area (TPSA) is 38.8 Å². The Balaban J connectivity index is 2.04. The van der Waals surface area contributed by atoms with Crippen LogP contribution in [-0.4, -0.2) is 42.2 Å². The molecule has 1 aliphatic heterocycles. The first-order chi connectivity index (χ1) is 9.38. The van der Waals surface area contributed by atoms with E-state index >= 15 is 0 Å². The van der Waals surface area contributed by atoms with Gasteiger partial charge in [-0.25, -0.2) is 0 Å². The van der Waals surface area contributed by atoms with Crippen molar-refractivity contribution in [1.82, 2.24) is 4.90 Å². The summed E-state index contributed by atoms with van der Waals surface area (Å²) in [6.07, 6.45) is 0.0685. The van der Waals surface area contributed by atoms with E-state index in [0.29, 0.717) is 30.5 Å². The second-order valence-electron chi connectivity index (χ2n) is 5.50. The van der Waals surface area contributed by atoms with Crippen molar-refractivity contribution in [2.45, 2.75) is 32.5 Å². The van der Waals surface area contributed by atoms with E-state index in [1.54, 1.807) is 43.0 Å². The first-order valence-corrected chi connectivity index (χ1v) is 7.12. The van der Waals surface area contributed by atoms with Gasteiger partial charge in [0.25, 0.3) is 5.91 Å². The summed E-state index contributed by atoms with van der Waals surface area (Å²) < 4.78 is 11.3. The van der Waals surface area contributed by atoms with Crippen LogP contribution < -0.4 is 4.74 Å². The van der Waals surface area contributed by atoms with Crippen LogP contribution in [0.2, 0.25) is 5.02 Å². The Hall–Kier alpha value is -1.26. The van der Waals surface area contributed by atoms with E-state index in [2.05, 4.69) is 0 Å². The summed E-state index contributed by atoms with van der Waals surface area (Å²) in [6, 6.07) is 7.01. The van der Waals surface area contributed by atoms with Crippen LogP contribution in [-0.2, 0) is 9.53 Å². The number of halogens is 1. The van der Waals surface area contributed by atoms with E-state index in [0.717, 1.165) is 0 Å². The summed E-state index contributed by atoms with van der Waals surface area (Å²) in [5.74, 6) is 0.608. The predicted molar refractivity (Wildman–Crippen MR) is 78.2 cm³/mol. The molecule has 0 saturated carbocycles. The number of morpholine rings is 1. The van der Waals surface area contributed by atoms with Crippen molar-refractivity contribution in [3.63, 3.8) is 0 Å². The summed E-state index contributed by atoms with van der Waals surface area (Å²) >= 11 is 5.84. The number of rotatable bonds is 3. The third-order valence-electron chi connectivity index (χ3n) is 3.23. The number of carbonyl (C=O) groups is 1. The third kappa shape index (κ3) is 3.64. The second kappa shape index (κ2) is 6.02. The molecule has 0 unspecified atom stereocenters. The van der Waals surface area contributed by atoms with Gasteiger partial charge in [0.1, 0.15) is 5.75 Å². The lowest BCUT2D eigenvalue weighted by Crippen LogP contribution is -2.54. The minimum absolute atomic E-state index is 0.0254. The standard InChI is InChI=1S/C15H20ClNO3/c1-11-10-17(8-9-19-11)14(18)15(2,3)20-13-6-4-12(16)5-7-13/h4-7,11H,8-10H2,1-3H3/t11-/m1/s1. The first-order valence-electron chi connectivity index (χ1n) is 6.74. The summed E-state index contributed by atoms with van der Waals surface area (Å²) in [4.78, 5) is 14.4. The number of nitrogens with zero attached hydrogens (tertiary/aromatic N) is 1. The molecule has 0 radical (unpaired) electrons. The van der Waals surface area contributed by atoms with Crippen LogP contribution >= 0.6 is 11.6 Å². The van der Waals surface area contributed by atoms with Gasteiger partial charge >= 0.3 is 0 Å². The Kier molecular flexibility index (Phi) is 4.55. The highest BCUT2D eigenvalue weighted by atomic mass is 35.5. The molecular weight excluding hydrogens is 278 g/mol. The molecule has 0 aliphatic carbocycles. The smallest absolute Gasteiger partial charge is 0.266 e. The van der Waals surface area contributed by atoms with E-state index in [1.165, 1.54) is 0 Å². The van der Waals surface area contributed by atoms with Crippen molar-refractivity contribution in [3.05, 3.63) is 29.3 Å².